The molecule has 2 saturated carbocycles. The number of ketones is 1. The second-order valence-corrected chi connectivity index (χ2v) is 15.3. The minimum Gasteiger partial charge on any atom is -0.456 e. The van der Waals surface area contributed by atoms with Gasteiger partial charge in [-0.3, -0.25) is 9.59 Å². The van der Waals surface area contributed by atoms with Gasteiger partial charge < -0.3 is 48.8 Å². The van der Waals surface area contributed by atoms with E-state index in [0.29, 0.717) is 0 Å². The number of nitrogens with one attached hydrogen (secondary N) is 1. The lowest BCUT2D eigenvalue weighted by atomic mass is 9.44. The lowest BCUT2D eigenvalue weighted by Crippen LogP contribution is -2.81. The molecule has 4 aliphatic rings. The first-order valence-electron chi connectivity index (χ1n) is 17.3. The Labute approximate surface area is 309 Å². The van der Waals surface area contributed by atoms with E-state index < -0.39 is 107 Å². The maximum atomic E-state index is 15.0. The minimum atomic E-state index is -2.30. The number of Topliss-reactive ketones (excluding diaryl/α,β-unsaturated/α-hetero) is 1. The number of fused-ring (bicyclic) bond motifs is 5. The fourth-order valence-corrected chi connectivity index (χ4v) is 9.13. The molecule has 0 spiro atoms. The van der Waals surface area contributed by atoms with Crippen molar-refractivity contribution in [1.82, 2.24) is 5.32 Å². The molecule has 15 nitrogen and oxygen atoms in total. The number of carbonyl (C=O) groups is 5. The zero-order valence-corrected chi connectivity index (χ0v) is 31.7. The van der Waals surface area contributed by atoms with Crippen LogP contribution in [0.5, 0.6) is 0 Å². The third-order valence-electron chi connectivity index (χ3n) is 11.7. The number of aliphatic hydroxyl groups is 3. The van der Waals surface area contributed by atoms with Crippen molar-refractivity contribution in [2.24, 2.45) is 16.7 Å². The molecule has 1 aromatic rings. The van der Waals surface area contributed by atoms with Crippen LogP contribution < -0.4 is 5.32 Å². The van der Waals surface area contributed by atoms with Crippen LogP contribution in [0.4, 0.5) is 4.79 Å². The Morgan fingerprint density at radius 1 is 1.11 bits per heavy atom. The van der Waals surface area contributed by atoms with E-state index in [1.165, 1.54) is 45.9 Å². The molecule has 1 aliphatic heterocycles. The lowest BCUT2D eigenvalue weighted by molar-refractivity contribution is -0.343. The average Bonchev–Trinajstić information content (AvgIpc) is 3.09. The van der Waals surface area contributed by atoms with Gasteiger partial charge in [-0.15, -0.1) is 0 Å². The van der Waals surface area contributed by atoms with Crippen LogP contribution in [0.3, 0.4) is 0 Å². The number of benzene rings is 1. The van der Waals surface area contributed by atoms with Gasteiger partial charge in [-0.1, -0.05) is 44.7 Å². The van der Waals surface area contributed by atoms with Gasteiger partial charge in [0.05, 0.1) is 29.7 Å². The summed E-state index contributed by atoms with van der Waals surface area (Å²) in [6.07, 6.45) is -9.42. The molecule has 5 rings (SSSR count). The van der Waals surface area contributed by atoms with Crippen LogP contribution in [-0.2, 0) is 42.6 Å². The molecule has 10 unspecified atom stereocenters. The fourth-order valence-electron chi connectivity index (χ4n) is 8.78. The van der Waals surface area contributed by atoms with Gasteiger partial charge in [-0.25, -0.2) is 14.4 Å². The Morgan fingerprint density at radius 2 is 1.77 bits per heavy atom. The number of hydrogen-bond acceptors (Lipinski definition) is 14. The summed E-state index contributed by atoms with van der Waals surface area (Å²) >= 11 is 0. The van der Waals surface area contributed by atoms with Gasteiger partial charge in [-0.2, -0.15) is 0 Å². The van der Waals surface area contributed by atoms with Gasteiger partial charge in [0.15, 0.2) is 11.9 Å². The molecule has 1 saturated heterocycles. The molecule has 4 N–H and O–H groups in total. The predicted octanol–water partition coefficient (Wildman–Crippen LogP) is 2.11. The Bertz CT molecular complexity index is 1680. The summed E-state index contributed by atoms with van der Waals surface area (Å²) < 4.78 is 34.0. The van der Waals surface area contributed by atoms with Gasteiger partial charge in [-0.05, 0) is 44.1 Å². The molecule has 16 heteroatoms. The summed E-state index contributed by atoms with van der Waals surface area (Å²) in [4.78, 5) is 67.3. The van der Waals surface area contributed by atoms with Crippen LogP contribution in [0, 0.1) is 16.7 Å². The molecule has 1 amide bonds. The first-order valence-corrected chi connectivity index (χ1v) is 17.8. The molecular formula is C37H48NO14P. The predicted molar refractivity (Wildman–Crippen MR) is 188 cm³/mol. The number of amides is 1. The standard InChI is InChI=1S/C37H48NO14P/c1-8-14-47-33(44)50-23-15-24-36(45,17-48-24)28-30(51-31(42)21-12-10-9-11-13-21)37(46)16-22(49-32(43)27(52-53)19(3)38-20(4)39)18(2)25(34(37,5)6)26(40)29(41)35(23,28)7/h8-13,19,22-24,26-28,30,40,45-46H,1,14-17,53H2,2-7H3,(H,38,39)/t19-,22?,23?,24?,26?,27?,28?,30?,35+,36?,37?/m0/s1. The van der Waals surface area contributed by atoms with E-state index in [1.54, 1.807) is 32.0 Å². The molecule has 0 aromatic heterocycles. The van der Waals surface area contributed by atoms with Crippen LogP contribution in [-0.4, -0.2) is 112 Å². The second-order valence-electron chi connectivity index (χ2n) is 15.0. The van der Waals surface area contributed by atoms with E-state index in [9.17, 15) is 34.5 Å². The van der Waals surface area contributed by atoms with Crippen molar-refractivity contribution in [1.29, 1.82) is 0 Å². The van der Waals surface area contributed by atoms with Crippen molar-refractivity contribution in [3.05, 3.63) is 59.7 Å². The third kappa shape index (κ3) is 6.70. The van der Waals surface area contributed by atoms with Crippen LogP contribution in [0.2, 0.25) is 0 Å². The second kappa shape index (κ2) is 14.8. The monoisotopic (exact) mass is 761 g/mol. The number of carbonyl (C=O) groups excluding carboxylic acids is 5. The molecule has 1 heterocycles. The van der Waals surface area contributed by atoms with Crippen LogP contribution >= 0.6 is 9.47 Å². The van der Waals surface area contributed by atoms with Gasteiger partial charge in [0, 0.05) is 40.6 Å². The van der Waals surface area contributed by atoms with Crippen LogP contribution in [0.25, 0.3) is 0 Å². The molecule has 53 heavy (non-hydrogen) atoms. The lowest BCUT2D eigenvalue weighted by Gasteiger charge is -2.67. The largest absolute Gasteiger partial charge is 0.508 e. The highest BCUT2D eigenvalue weighted by atomic mass is 31.0. The Morgan fingerprint density at radius 3 is 2.34 bits per heavy atom. The molecule has 3 aliphatic carbocycles. The van der Waals surface area contributed by atoms with Gasteiger partial charge in [0.25, 0.3) is 0 Å². The van der Waals surface area contributed by atoms with Crippen molar-refractivity contribution in [2.45, 2.75) is 108 Å². The van der Waals surface area contributed by atoms with Gasteiger partial charge in [0.1, 0.15) is 42.2 Å². The van der Waals surface area contributed by atoms with E-state index in [4.69, 9.17) is 28.2 Å². The number of rotatable bonds is 10. The third-order valence-corrected chi connectivity index (χ3v) is 12.0. The Hall–Kier alpha value is -3.72. The summed E-state index contributed by atoms with van der Waals surface area (Å²) in [6.45, 7) is 11.8. The molecule has 12 atom stereocenters. The van der Waals surface area contributed by atoms with Crippen molar-refractivity contribution in [3.63, 3.8) is 0 Å². The molecule has 0 radical (unpaired) electrons. The SMILES string of the molecule is C=CCOC(=O)OC1CC2OCC2(O)C2C(OC(=O)c3ccccc3)C3(O)CC(OC(=O)C(OP)[C@H](C)NC(C)=O)C(C)=C(C(O)C(=O)[C@]12C)C3(C)C. The number of esters is 2. The van der Waals surface area contributed by atoms with Crippen molar-refractivity contribution >= 4 is 39.3 Å². The summed E-state index contributed by atoms with van der Waals surface area (Å²) in [6, 6.07) is 7.02. The quantitative estimate of drug-likeness (QED) is 0.116. The highest BCUT2D eigenvalue weighted by molar-refractivity contribution is 7.09. The summed E-state index contributed by atoms with van der Waals surface area (Å²) in [5.74, 6) is -4.77. The van der Waals surface area contributed by atoms with Crippen molar-refractivity contribution in [3.8, 4) is 0 Å². The highest BCUT2D eigenvalue weighted by Gasteiger charge is 2.77. The average molecular weight is 762 g/mol. The Kier molecular flexibility index (Phi) is 11.3. The van der Waals surface area contributed by atoms with Crippen molar-refractivity contribution < 1.29 is 67.5 Å². The van der Waals surface area contributed by atoms with Crippen molar-refractivity contribution in [2.75, 3.05) is 13.2 Å². The summed E-state index contributed by atoms with van der Waals surface area (Å²) in [5, 5.41) is 40.5. The first kappa shape index (κ1) is 40.5. The van der Waals surface area contributed by atoms with Gasteiger partial charge in [0.2, 0.25) is 5.91 Å². The normalized spacial score (nSPS) is 35.4. The topological polar surface area (TPSA) is 213 Å². The minimum absolute atomic E-state index is 0.0281. The summed E-state index contributed by atoms with van der Waals surface area (Å²) in [5.41, 5.74) is -7.59. The van der Waals surface area contributed by atoms with Crippen LogP contribution in [0.1, 0.15) is 64.7 Å². The van der Waals surface area contributed by atoms with E-state index in [1.807, 2.05) is 9.47 Å². The first-order chi connectivity index (χ1) is 24.8. The molecule has 2 bridgehead atoms. The smallest absolute Gasteiger partial charge is 0.456 e. The highest BCUT2D eigenvalue weighted by Crippen LogP contribution is 2.63. The Balaban J connectivity index is 1.72. The summed E-state index contributed by atoms with van der Waals surface area (Å²) in [7, 11) is 1.95. The number of hydrogen-bond donors (Lipinski definition) is 4. The maximum absolute atomic E-state index is 15.0. The van der Waals surface area contributed by atoms with E-state index >= 15 is 4.79 Å². The molecular weight excluding hydrogens is 713 g/mol. The zero-order valence-electron chi connectivity index (χ0n) is 30.5. The van der Waals surface area contributed by atoms with Gasteiger partial charge >= 0.3 is 18.1 Å². The zero-order chi connectivity index (χ0) is 39.3. The van der Waals surface area contributed by atoms with E-state index in [0.717, 1.165) is 0 Å². The van der Waals surface area contributed by atoms with Crippen LogP contribution in [0.15, 0.2) is 54.1 Å². The molecule has 1 aromatic carbocycles. The fraction of sp³-hybridized carbons (Fsp3) is 0.595. The molecule has 290 valence electrons. The number of ether oxygens (including phenoxy) is 5. The van der Waals surface area contributed by atoms with E-state index in [-0.39, 0.29) is 36.3 Å². The number of aliphatic hydroxyl groups excluding tert-OH is 1. The van der Waals surface area contributed by atoms with E-state index in [2.05, 4.69) is 11.9 Å². The molecule has 3 fully saturated rings. The maximum Gasteiger partial charge on any atom is 0.508 e.